The summed E-state index contributed by atoms with van der Waals surface area (Å²) < 4.78 is 20.6. The Morgan fingerprint density at radius 3 is 2.76 bits per heavy atom. The summed E-state index contributed by atoms with van der Waals surface area (Å²) in [5.41, 5.74) is 6.41. The van der Waals surface area contributed by atoms with E-state index in [1.807, 2.05) is 0 Å². The molecule has 7 nitrogen and oxygen atoms in total. The highest BCUT2D eigenvalue weighted by atomic mass is 19.1. The van der Waals surface area contributed by atoms with Gasteiger partial charge in [0.25, 0.3) is 0 Å². The van der Waals surface area contributed by atoms with E-state index in [0.717, 1.165) is 12.1 Å². The molecule has 0 saturated carbocycles. The molecular weight excluding hydrogens is 279 g/mol. The van der Waals surface area contributed by atoms with Crippen molar-refractivity contribution in [3.05, 3.63) is 40.0 Å². The molecule has 2 N–H and O–H groups in total. The Morgan fingerprint density at radius 1 is 1.48 bits per heavy atom. The molecule has 8 heteroatoms. The minimum atomic E-state index is -0.610. The van der Waals surface area contributed by atoms with Crippen LogP contribution in [0.3, 0.4) is 0 Å². The van der Waals surface area contributed by atoms with E-state index in [1.165, 1.54) is 11.8 Å². The lowest BCUT2D eigenvalue weighted by Crippen LogP contribution is -2.05. The van der Waals surface area contributed by atoms with Gasteiger partial charge in [-0.3, -0.25) is 14.8 Å². The van der Waals surface area contributed by atoms with Gasteiger partial charge in [0.15, 0.2) is 5.75 Å². The van der Waals surface area contributed by atoms with Crippen LogP contribution < -0.4 is 10.5 Å². The van der Waals surface area contributed by atoms with Gasteiger partial charge in [0.1, 0.15) is 5.82 Å². The van der Waals surface area contributed by atoms with Crippen molar-refractivity contribution < 1.29 is 14.1 Å². The Labute approximate surface area is 120 Å². The van der Waals surface area contributed by atoms with Gasteiger partial charge in [0.05, 0.1) is 17.7 Å². The van der Waals surface area contributed by atoms with E-state index in [0.29, 0.717) is 24.2 Å². The van der Waals surface area contributed by atoms with E-state index >= 15 is 0 Å². The van der Waals surface area contributed by atoms with Crippen molar-refractivity contribution in [2.45, 2.75) is 6.42 Å². The standard InChI is InChI=1S/C13H15FN4O3/c1-17-7-9(11(16-17)3-4-15)8-5-12(18(19)20)13(21-2)6-10(8)14/h5-7H,3-4,15H2,1-2H3. The molecule has 2 rings (SSSR count). The van der Waals surface area contributed by atoms with E-state index in [1.54, 1.807) is 13.2 Å². The molecule has 0 saturated heterocycles. The van der Waals surface area contributed by atoms with Crippen LogP contribution in [0, 0.1) is 15.9 Å². The first-order chi connectivity index (χ1) is 9.97. The van der Waals surface area contributed by atoms with Gasteiger partial charge in [-0.15, -0.1) is 0 Å². The van der Waals surface area contributed by atoms with Gasteiger partial charge in [-0.2, -0.15) is 5.10 Å². The number of hydrogen-bond acceptors (Lipinski definition) is 5. The summed E-state index contributed by atoms with van der Waals surface area (Å²) in [5, 5.41) is 15.3. The fourth-order valence-corrected chi connectivity index (χ4v) is 2.14. The molecule has 0 bridgehead atoms. The molecule has 21 heavy (non-hydrogen) atoms. The third-order valence-electron chi connectivity index (χ3n) is 3.04. The summed E-state index contributed by atoms with van der Waals surface area (Å²) in [6, 6.07) is 2.16. The van der Waals surface area contributed by atoms with Gasteiger partial charge in [-0.05, 0) is 6.54 Å². The Hall–Kier alpha value is -2.48. The molecule has 0 radical (unpaired) electrons. The van der Waals surface area contributed by atoms with Crippen molar-refractivity contribution in [1.82, 2.24) is 9.78 Å². The normalized spacial score (nSPS) is 10.7. The highest BCUT2D eigenvalue weighted by Gasteiger charge is 2.22. The van der Waals surface area contributed by atoms with Crippen LogP contribution in [0.25, 0.3) is 11.1 Å². The molecule has 1 heterocycles. The largest absolute Gasteiger partial charge is 0.490 e. The average Bonchev–Trinajstić information content (AvgIpc) is 2.79. The molecule has 1 aromatic carbocycles. The van der Waals surface area contributed by atoms with Gasteiger partial charge in [0, 0.05) is 42.9 Å². The zero-order chi connectivity index (χ0) is 15.6. The molecule has 2 aromatic rings. The minimum Gasteiger partial charge on any atom is -0.490 e. The topological polar surface area (TPSA) is 96.2 Å². The summed E-state index contributed by atoms with van der Waals surface area (Å²) >= 11 is 0. The van der Waals surface area contributed by atoms with Crippen molar-refractivity contribution in [3.63, 3.8) is 0 Å². The summed E-state index contributed by atoms with van der Waals surface area (Å²) in [4.78, 5) is 10.4. The van der Waals surface area contributed by atoms with Crippen molar-refractivity contribution in [2.24, 2.45) is 12.8 Å². The average molecular weight is 294 g/mol. The third kappa shape index (κ3) is 2.84. The zero-order valence-electron chi connectivity index (χ0n) is 11.7. The first-order valence-electron chi connectivity index (χ1n) is 6.22. The van der Waals surface area contributed by atoms with Gasteiger partial charge < -0.3 is 10.5 Å². The molecule has 0 unspecified atom stereocenters. The van der Waals surface area contributed by atoms with Crippen LogP contribution in [-0.4, -0.2) is 28.4 Å². The van der Waals surface area contributed by atoms with Crippen LogP contribution in [0.15, 0.2) is 18.3 Å². The first-order valence-corrected chi connectivity index (χ1v) is 6.22. The van der Waals surface area contributed by atoms with Crippen LogP contribution in [0.5, 0.6) is 5.75 Å². The second kappa shape index (κ2) is 5.88. The van der Waals surface area contributed by atoms with Gasteiger partial charge in [-0.1, -0.05) is 0 Å². The fraction of sp³-hybridized carbons (Fsp3) is 0.308. The monoisotopic (exact) mass is 294 g/mol. The lowest BCUT2D eigenvalue weighted by Gasteiger charge is -2.07. The highest BCUT2D eigenvalue weighted by molar-refractivity contribution is 5.71. The number of nitro benzene ring substituents is 1. The molecule has 0 aliphatic rings. The highest BCUT2D eigenvalue weighted by Crippen LogP contribution is 2.35. The molecule has 0 spiro atoms. The number of halogens is 1. The first kappa shape index (κ1) is 14.9. The van der Waals surface area contributed by atoms with Gasteiger partial charge >= 0.3 is 5.69 Å². The molecule has 0 aliphatic carbocycles. The summed E-state index contributed by atoms with van der Waals surface area (Å²) in [5.74, 6) is -0.728. The Bertz CT molecular complexity index is 684. The fourth-order valence-electron chi connectivity index (χ4n) is 2.14. The lowest BCUT2D eigenvalue weighted by molar-refractivity contribution is -0.385. The van der Waals surface area contributed by atoms with Crippen LogP contribution in [-0.2, 0) is 13.5 Å². The predicted molar refractivity (Wildman–Crippen MR) is 74.6 cm³/mol. The number of ether oxygens (including phenoxy) is 1. The van der Waals surface area contributed by atoms with Gasteiger partial charge in [-0.25, -0.2) is 4.39 Å². The zero-order valence-corrected chi connectivity index (χ0v) is 11.7. The molecule has 0 fully saturated rings. The summed E-state index contributed by atoms with van der Waals surface area (Å²) in [6.45, 7) is 0.351. The molecular formula is C13H15FN4O3. The second-order valence-corrected chi connectivity index (χ2v) is 4.46. The molecule has 1 aromatic heterocycles. The smallest absolute Gasteiger partial charge is 0.311 e. The van der Waals surface area contributed by atoms with Crippen LogP contribution in [0.2, 0.25) is 0 Å². The minimum absolute atomic E-state index is 0.110. The summed E-state index contributed by atoms with van der Waals surface area (Å²) in [7, 11) is 2.95. The van der Waals surface area contributed by atoms with Gasteiger partial charge in [0.2, 0.25) is 0 Å². The Morgan fingerprint density at radius 2 is 2.19 bits per heavy atom. The quantitative estimate of drug-likeness (QED) is 0.668. The number of nitro groups is 1. The van der Waals surface area contributed by atoms with E-state index in [2.05, 4.69) is 5.10 Å². The van der Waals surface area contributed by atoms with E-state index in [9.17, 15) is 14.5 Å². The summed E-state index contributed by atoms with van der Waals surface area (Å²) in [6.07, 6.45) is 2.06. The number of nitrogens with two attached hydrogens (primary N) is 1. The SMILES string of the molecule is COc1cc(F)c(-c2cn(C)nc2CCN)cc1[N+](=O)[O-]. The van der Waals surface area contributed by atoms with Crippen molar-refractivity contribution in [1.29, 1.82) is 0 Å². The predicted octanol–water partition coefficient (Wildman–Crippen LogP) is 1.64. The maximum atomic E-state index is 14.2. The van der Waals surface area contributed by atoms with Crippen molar-refractivity contribution in [2.75, 3.05) is 13.7 Å². The van der Waals surface area contributed by atoms with Crippen LogP contribution in [0.1, 0.15) is 5.69 Å². The number of aromatic nitrogens is 2. The number of hydrogen-bond donors (Lipinski definition) is 1. The van der Waals surface area contributed by atoms with E-state index in [-0.39, 0.29) is 17.0 Å². The van der Waals surface area contributed by atoms with Crippen LogP contribution >= 0.6 is 0 Å². The van der Waals surface area contributed by atoms with E-state index < -0.39 is 10.7 Å². The number of aryl methyl sites for hydroxylation is 1. The van der Waals surface area contributed by atoms with Crippen molar-refractivity contribution >= 4 is 5.69 Å². The van der Waals surface area contributed by atoms with E-state index in [4.69, 9.17) is 10.5 Å². The number of rotatable bonds is 5. The Kier molecular flexibility index (Phi) is 4.18. The number of methoxy groups -OCH3 is 1. The second-order valence-electron chi connectivity index (χ2n) is 4.46. The van der Waals surface area contributed by atoms with Crippen molar-refractivity contribution in [3.8, 4) is 16.9 Å². The number of nitrogens with zero attached hydrogens (tertiary/aromatic N) is 3. The Balaban J connectivity index is 2.63. The maximum absolute atomic E-state index is 14.2. The van der Waals surface area contributed by atoms with Crippen LogP contribution in [0.4, 0.5) is 10.1 Å². The molecule has 0 aliphatic heterocycles. The molecule has 112 valence electrons. The molecule has 0 amide bonds. The maximum Gasteiger partial charge on any atom is 0.311 e. The third-order valence-corrected chi connectivity index (χ3v) is 3.04. The number of benzene rings is 1. The lowest BCUT2D eigenvalue weighted by atomic mass is 10.0. The molecule has 0 atom stereocenters.